The fraction of sp³-hybridized carbons (Fsp3) is 0.143. The summed E-state index contributed by atoms with van der Waals surface area (Å²) in [6.07, 6.45) is 1.48. The van der Waals surface area contributed by atoms with Crippen LogP contribution in [0.5, 0.6) is 0 Å². The Morgan fingerprint density at radius 1 is 1.55 bits per heavy atom. The van der Waals surface area contributed by atoms with E-state index in [0.717, 1.165) is 5.01 Å². The molecule has 0 radical (unpaired) electrons. The van der Waals surface area contributed by atoms with E-state index in [9.17, 15) is 9.18 Å². The topological polar surface area (TPSA) is 62.2 Å². The molecule has 0 aliphatic rings. The van der Waals surface area contributed by atoms with Gasteiger partial charge in [-0.3, -0.25) is 4.79 Å². The molecule has 2 aromatic rings. The van der Waals surface area contributed by atoms with E-state index in [1.807, 2.05) is 0 Å². The second kappa shape index (κ2) is 6.28. The third kappa shape index (κ3) is 3.41. The second-order valence-electron chi connectivity index (χ2n) is 3.85. The number of nitrogens with zero attached hydrogens (tertiary/aromatic N) is 1. The van der Waals surface area contributed by atoms with E-state index in [2.05, 4.69) is 22.1 Å². The predicted molar refractivity (Wildman–Crippen MR) is 75.2 cm³/mol. The molecule has 1 heterocycles. The number of benzene rings is 1. The van der Waals surface area contributed by atoms with Gasteiger partial charge in [-0.2, -0.15) is 0 Å². The van der Waals surface area contributed by atoms with Gasteiger partial charge >= 0.3 is 0 Å². The Labute approximate surface area is 119 Å². The van der Waals surface area contributed by atoms with Crippen molar-refractivity contribution in [1.82, 2.24) is 4.98 Å². The van der Waals surface area contributed by atoms with E-state index >= 15 is 0 Å². The van der Waals surface area contributed by atoms with Gasteiger partial charge in [-0.15, -0.1) is 11.3 Å². The van der Waals surface area contributed by atoms with Crippen LogP contribution in [0.2, 0.25) is 0 Å². The molecule has 0 unspecified atom stereocenters. The summed E-state index contributed by atoms with van der Waals surface area (Å²) in [7, 11) is 0. The average Bonchev–Trinajstić information content (AvgIpc) is 2.85. The van der Waals surface area contributed by atoms with Gasteiger partial charge in [-0.1, -0.05) is 11.8 Å². The molecule has 0 fully saturated rings. The SMILES string of the molecule is Cc1ncc(C(=O)Nc2ccc(F)cc2C#CCO)s1. The number of carbonyl (C=O) groups is 1. The number of aromatic nitrogens is 1. The summed E-state index contributed by atoms with van der Waals surface area (Å²) in [6, 6.07) is 3.87. The highest BCUT2D eigenvalue weighted by Gasteiger charge is 2.11. The molecular formula is C14H11FN2O2S. The van der Waals surface area contributed by atoms with Crippen LogP contribution in [-0.4, -0.2) is 22.6 Å². The van der Waals surface area contributed by atoms with E-state index in [0.29, 0.717) is 16.1 Å². The fourth-order valence-electron chi connectivity index (χ4n) is 1.51. The highest BCUT2D eigenvalue weighted by Crippen LogP contribution is 2.19. The highest BCUT2D eigenvalue weighted by atomic mass is 32.1. The number of hydrogen-bond acceptors (Lipinski definition) is 4. The maximum atomic E-state index is 13.2. The smallest absolute Gasteiger partial charge is 0.267 e. The summed E-state index contributed by atoms with van der Waals surface area (Å²) in [5, 5.41) is 12.1. The van der Waals surface area contributed by atoms with Crippen molar-refractivity contribution in [1.29, 1.82) is 0 Å². The zero-order chi connectivity index (χ0) is 14.5. The van der Waals surface area contributed by atoms with E-state index < -0.39 is 5.82 Å². The van der Waals surface area contributed by atoms with Crippen molar-refractivity contribution >= 4 is 22.9 Å². The average molecular weight is 290 g/mol. The maximum Gasteiger partial charge on any atom is 0.267 e. The lowest BCUT2D eigenvalue weighted by Gasteiger charge is -2.06. The first-order valence-electron chi connectivity index (χ1n) is 5.73. The van der Waals surface area contributed by atoms with Crippen LogP contribution in [0.1, 0.15) is 20.2 Å². The first kappa shape index (κ1) is 14.2. The van der Waals surface area contributed by atoms with Crippen LogP contribution >= 0.6 is 11.3 Å². The van der Waals surface area contributed by atoms with Gasteiger partial charge < -0.3 is 10.4 Å². The summed E-state index contributed by atoms with van der Waals surface area (Å²) >= 11 is 1.27. The van der Waals surface area contributed by atoms with Crippen molar-refractivity contribution in [3.05, 3.63) is 45.7 Å². The van der Waals surface area contributed by atoms with Crippen LogP contribution in [0.3, 0.4) is 0 Å². The number of carbonyl (C=O) groups excluding carboxylic acids is 1. The van der Waals surface area contributed by atoms with E-state index in [-0.39, 0.29) is 12.5 Å². The van der Waals surface area contributed by atoms with Gasteiger partial charge in [0.15, 0.2) is 0 Å². The third-order valence-corrected chi connectivity index (χ3v) is 3.29. The molecule has 2 rings (SSSR count). The van der Waals surface area contributed by atoms with E-state index in [4.69, 9.17) is 5.11 Å². The zero-order valence-corrected chi connectivity index (χ0v) is 11.4. The number of aliphatic hydroxyl groups excluding tert-OH is 1. The normalized spacial score (nSPS) is 9.75. The molecule has 102 valence electrons. The number of thiazole rings is 1. The maximum absolute atomic E-state index is 13.2. The molecule has 20 heavy (non-hydrogen) atoms. The Morgan fingerprint density at radius 3 is 3.00 bits per heavy atom. The first-order valence-corrected chi connectivity index (χ1v) is 6.55. The van der Waals surface area contributed by atoms with Gasteiger partial charge in [0.05, 0.1) is 22.5 Å². The molecule has 0 saturated heterocycles. The molecule has 4 nitrogen and oxygen atoms in total. The zero-order valence-electron chi connectivity index (χ0n) is 10.6. The van der Waals surface area contributed by atoms with Crippen LogP contribution in [0, 0.1) is 24.6 Å². The molecule has 0 spiro atoms. The number of aryl methyl sites for hydroxylation is 1. The van der Waals surface area contributed by atoms with Crippen molar-refractivity contribution in [2.45, 2.75) is 6.92 Å². The Bertz CT molecular complexity index is 701. The molecule has 6 heteroatoms. The predicted octanol–water partition coefficient (Wildman–Crippen LogP) is 2.19. The lowest BCUT2D eigenvalue weighted by Crippen LogP contribution is -2.11. The quantitative estimate of drug-likeness (QED) is 0.833. The standard InChI is InChI=1S/C14H11FN2O2S/c1-9-16-8-13(20-9)14(19)17-12-5-4-11(15)7-10(12)3-2-6-18/h4-5,7-8,18H,6H2,1H3,(H,17,19). The van der Waals surface area contributed by atoms with Crippen LogP contribution in [0.25, 0.3) is 0 Å². The number of hydrogen-bond donors (Lipinski definition) is 2. The van der Waals surface area contributed by atoms with Crippen LogP contribution in [0.4, 0.5) is 10.1 Å². The lowest BCUT2D eigenvalue weighted by molar-refractivity contribution is 0.103. The van der Waals surface area contributed by atoms with Crippen molar-refractivity contribution in [3.8, 4) is 11.8 Å². The van der Waals surface area contributed by atoms with Gasteiger partial charge in [0.1, 0.15) is 17.3 Å². The number of rotatable bonds is 2. The number of anilines is 1. The van der Waals surface area contributed by atoms with Crippen molar-refractivity contribution in [3.63, 3.8) is 0 Å². The van der Waals surface area contributed by atoms with Gasteiger partial charge in [0.25, 0.3) is 5.91 Å². The molecule has 1 amide bonds. The Hall–Kier alpha value is -2.23. The summed E-state index contributed by atoms with van der Waals surface area (Å²) in [4.78, 5) is 16.5. The summed E-state index contributed by atoms with van der Waals surface area (Å²) in [5.41, 5.74) is 0.706. The van der Waals surface area contributed by atoms with E-state index in [1.165, 1.54) is 35.7 Å². The van der Waals surface area contributed by atoms with Gasteiger partial charge in [-0.25, -0.2) is 9.37 Å². The second-order valence-corrected chi connectivity index (χ2v) is 5.08. The minimum atomic E-state index is -0.459. The molecule has 1 aromatic heterocycles. The third-order valence-electron chi connectivity index (χ3n) is 2.38. The monoisotopic (exact) mass is 290 g/mol. The highest BCUT2D eigenvalue weighted by molar-refractivity contribution is 7.13. The van der Waals surface area contributed by atoms with Crippen LogP contribution in [-0.2, 0) is 0 Å². The minimum absolute atomic E-state index is 0.314. The molecule has 0 aliphatic heterocycles. The number of amides is 1. The molecule has 2 N–H and O–H groups in total. The molecule has 0 saturated carbocycles. The van der Waals surface area contributed by atoms with Gasteiger partial charge in [-0.05, 0) is 25.1 Å². The van der Waals surface area contributed by atoms with Crippen molar-refractivity contribution < 1.29 is 14.3 Å². The molecular weight excluding hydrogens is 279 g/mol. The fourth-order valence-corrected chi connectivity index (χ4v) is 2.19. The molecule has 1 aromatic carbocycles. The molecule has 0 aliphatic carbocycles. The van der Waals surface area contributed by atoms with Crippen LogP contribution in [0.15, 0.2) is 24.4 Å². The minimum Gasteiger partial charge on any atom is -0.384 e. The lowest BCUT2D eigenvalue weighted by atomic mass is 10.1. The molecule has 0 bridgehead atoms. The summed E-state index contributed by atoms with van der Waals surface area (Å²) in [6.45, 7) is 1.47. The van der Waals surface area contributed by atoms with Gasteiger partial charge in [0.2, 0.25) is 0 Å². The summed E-state index contributed by atoms with van der Waals surface area (Å²) in [5.74, 6) is 4.24. The summed E-state index contributed by atoms with van der Waals surface area (Å²) < 4.78 is 13.2. The Kier molecular flexibility index (Phi) is 4.45. The van der Waals surface area contributed by atoms with Crippen molar-refractivity contribution in [2.24, 2.45) is 0 Å². The van der Waals surface area contributed by atoms with Crippen LogP contribution < -0.4 is 5.32 Å². The Balaban J connectivity index is 2.26. The van der Waals surface area contributed by atoms with Gasteiger partial charge in [0, 0.05) is 0 Å². The first-order chi connectivity index (χ1) is 9.60. The van der Waals surface area contributed by atoms with E-state index in [1.54, 1.807) is 6.92 Å². The number of aliphatic hydroxyl groups is 1. The largest absolute Gasteiger partial charge is 0.384 e. The Morgan fingerprint density at radius 2 is 2.35 bits per heavy atom. The van der Waals surface area contributed by atoms with Crippen molar-refractivity contribution in [2.75, 3.05) is 11.9 Å². The molecule has 0 atom stereocenters. The number of nitrogens with one attached hydrogen (secondary N) is 1. The number of halogens is 1.